The highest BCUT2D eigenvalue weighted by molar-refractivity contribution is 6.05. The average molecular weight is 413 g/mol. The zero-order chi connectivity index (χ0) is 21.5. The van der Waals surface area contributed by atoms with Crippen LogP contribution in [0.1, 0.15) is 36.2 Å². The van der Waals surface area contributed by atoms with Crippen LogP contribution in [0.25, 0.3) is 11.3 Å². The van der Waals surface area contributed by atoms with Crippen LogP contribution in [0.2, 0.25) is 0 Å². The quantitative estimate of drug-likeness (QED) is 0.580. The highest BCUT2D eigenvalue weighted by Gasteiger charge is 2.24. The summed E-state index contributed by atoms with van der Waals surface area (Å²) in [7, 11) is 1.63. The van der Waals surface area contributed by atoms with E-state index >= 15 is 0 Å². The maximum Gasteiger partial charge on any atom is 0.270 e. The molecule has 0 aliphatic carbocycles. The minimum absolute atomic E-state index is 0.0198. The van der Waals surface area contributed by atoms with Gasteiger partial charge in [0.15, 0.2) is 0 Å². The summed E-state index contributed by atoms with van der Waals surface area (Å²) in [6, 6.07) is 7.28. The summed E-state index contributed by atoms with van der Waals surface area (Å²) in [5, 5.41) is 10.5. The van der Waals surface area contributed by atoms with Gasteiger partial charge in [-0.3, -0.25) is 9.79 Å². The van der Waals surface area contributed by atoms with E-state index < -0.39 is 23.6 Å². The largest absolute Gasteiger partial charge is 0.358 e. The molecule has 1 aliphatic rings. The van der Waals surface area contributed by atoms with Crippen molar-refractivity contribution in [2.75, 3.05) is 20.1 Å². The molecule has 1 aromatic carbocycles. The minimum atomic E-state index is -0.732. The highest BCUT2D eigenvalue weighted by atomic mass is 19.1. The number of halogens is 2. The van der Waals surface area contributed by atoms with Crippen LogP contribution in [0, 0.1) is 17.0 Å². The van der Waals surface area contributed by atoms with Gasteiger partial charge in [0.1, 0.15) is 34.9 Å². The Labute approximate surface area is 174 Å². The maximum absolute atomic E-state index is 14.3. The molecule has 2 N–H and O–H groups in total. The van der Waals surface area contributed by atoms with E-state index in [0.717, 1.165) is 51.1 Å². The molecule has 158 valence electrons. The number of aliphatic imine (C=N–C) groups is 1. The number of nitrogens with zero attached hydrogens (tertiary/aromatic N) is 3. The summed E-state index contributed by atoms with van der Waals surface area (Å²) in [6.07, 6.45) is 5.47. The van der Waals surface area contributed by atoms with Crippen molar-refractivity contribution < 1.29 is 13.6 Å². The van der Waals surface area contributed by atoms with Gasteiger partial charge in [-0.05, 0) is 37.1 Å². The van der Waals surface area contributed by atoms with Gasteiger partial charge < -0.3 is 15.6 Å². The molecule has 1 unspecified atom stereocenters. The first kappa shape index (κ1) is 21.5. The average Bonchev–Trinajstić information content (AvgIpc) is 3.04. The van der Waals surface area contributed by atoms with Crippen LogP contribution in [0.3, 0.4) is 0 Å². The molecule has 0 spiro atoms. The van der Waals surface area contributed by atoms with Crippen LogP contribution in [-0.4, -0.2) is 54.0 Å². The van der Waals surface area contributed by atoms with Crippen molar-refractivity contribution in [2.24, 2.45) is 4.99 Å². The van der Waals surface area contributed by atoms with Crippen molar-refractivity contribution in [3.63, 3.8) is 0 Å². The molecular formula is C22H25F2N5O. The van der Waals surface area contributed by atoms with Crippen molar-refractivity contribution in [3.05, 3.63) is 53.7 Å². The van der Waals surface area contributed by atoms with Crippen molar-refractivity contribution in [3.8, 4) is 11.3 Å². The smallest absolute Gasteiger partial charge is 0.270 e. The Morgan fingerprint density at radius 2 is 1.83 bits per heavy atom. The molecule has 2 heterocycles. The van der Waals surface area contributed by atoms with Crippen molar-refractivity contribution >= 4 is 18.0 Å². The van der Waals surface area contributed by atoms with Gasteiger partial charge in [0.25, 0.3) is 5.91 Å². The first-order valence-electron chi connectivity index (χ1n) is 9.99. The molecule has 1 aromatic heterocycles. The Hall–Kier alpha value is -3.16. The second-order valence-electron chi connectivity index (χ2n) is 7.11. The van der Waals surface area contributed by atoms with Crippen molar-refractivity contribution in [2.45, 2.75) is 31.7 Å². The van der Waals surface area contributed by atoms with E-state index in [0.29, 0.717) is 5.84 Å². The fourth-order valence-electron chi connectivity index (χ4n) is 3.58. The number of carbonyl (C=O) groups excluding carboxylic acids is 1. The monoisotopic (exact) mass is 413 g/mol. The van der Waals surface area contributed by atoms with E-state index in [2.05, 4.69) is 20.2 Å². The fourth-order valence-corrected chi connectivity index (χ4v) is 3.58. The van der Waals surface area contributed by atoms with Crippen LogP contribution < -0.4 is 5.32 Å². The molecule has 1 atom stereocenters. The van der Waals surface area contributed by atoms with E-state index in [1.54, 1.807) is 13.1 Å². The number of amides is 1. The summed E-state index contributed by atoms with van der Waals surface area (Å²) in [6.45, 7) is 1.64. The van der Waals surface area contributed by atoms with E-state index in [1.165, 1.54) is 24.3 Å². The molecule has 6 nitrogen and oxygen atoms in total. The summed E-state index contributed by atoms with van der Waals surface area (Å²) >= 11 is 0. The topological polar surface area (TPSA) is 81.4 Å². The summed E-state index contributed by atoms with van der Waals surface area (Å²) in [4.78, 5) is 23.2. The number of benzene rings is 1. The van der Waals surface area contributed by atoms with E-state index in [-0.39, 0.29) is 17.0 Å². The first-order chi connectivity index (χ1) is 14.5. The summed E-state index contributed by atoms with van der Waals surface area (Å²) in [5.74, 6) is -1.32. The number of rotatable bonds is 5. The fraction of sp³-hybridized carbons (Fsp3) is 0.364. The van der Waals surface area contributed by atoms with Gasteiger partial charge in [0.05, 0.1) is 0 Å². The van der Waals surface area contributed by atoms with Gasteiger partial charge in [-0.1, -0.05) is 25.0 Å². The molecule has 0 radical (unpaired) electrons. The minimum Gasteiger partial charge on any atom is -0.358 e. The van der Waals surface area contributed by atoms with Gasteiger partial charge in [-0.15, -0.1) is 0 Å². The zero-order valence-corrected chi connectivity index (χ0v) is 16.9. The predicted octanol–water partition coefficient (Wildman–Crippen LogP) is 3.68. The molecule has 0 bridgehead atoms. The Balaban J connectivity index is 1.83. The van der Waals surface area contributed by atoms with Crippen molar-refractivity contribution in [1.29, 1.82) is 5.41 Å². The lowest BCUT2D eigenvalue weighted by Gasteiger charge is -2.28. The molecule has 1 fully saturated rings. The maximum atomic E-state index is 14.3. The Morgan fingerprint density at radius 1 is 1.13 bits per heavy atom. The molecule has 3 rings (SSSR count). The van der Waals surface area contributed by atoms with Gasteiger partial charge in [-0.25, -0.2) is 13.8 Å². The molecule has 1 saturated heterocycles. The van der Waals surface area contributed by atoms with Crippen molar-refractivity contribution in [1.82, 2.24) is 15.2 Å². The number of amidine groups is 1. The molecule has 0 saturated carbocycles. The second kappa shape index (κ2) is 10.0. The number of carbonyl (C=O) groups is 1. The second-order valence-corrected chi connectivity index (χ2v) is 7.11. The van der Waals surface area contributed by atoms with Crippen LogP contribution in [0.5, 0.6) is 0 Å². The predicted molar refractivity (Wildman–Crippen MR) is 113 cm³/mol. The summed E-state index contributed by atoms with van der Waals surface area (Å²) in [5.41, 5.74) is -0.314. The molecule has 2 aromatic rings. The van der Waals surface area contributed by atoms with Gasteiger partial charge in [0, 0.05) is 31.9 Å². The number of aromatic nitrogens is 1. The lowest BCUT2D eigenvalue weighted by Crippen LogP contribution is -2.50. The standard InChI is InChI=1S/C22H25F2N5O/c1-26-21(29-12-6-2-3-7-13-29)19(14-25)28-22(30)18-11-10-17(24)20(27-18)15-8-4-5-9-16(15)23/h4-5,8-11,14,19,25H,2-3,6-7,12-13H2,1H3,(H,28,30). The van der Waals surface area contributed by atoms with Gasteiger partial charge in [-0.2, -0.15) is 0 Å². The molecule has 8 heteroatoms. The van der Waals surface area contributed by atoms with Crippen LogP contribution >= 0.6 is 0 Å². The molecule has 30 heavy (non-hydrogen) atoms. The normalized spacial score (nSPS) is 16.0. The molecule has 1 aliphatic heterocycles. The third-order valence-corrected chi connectivity index (χ3v) is 5.10. The number of likely N-dealkylation sites (tertiary alicyclic amines) is 1. The lowest BCUT2D eigenvalue weighted by atomic mass is 10.1. The first-order valence-corrected chi connectivity index (χ1v) is 9.99. The number of hydrogen-bond acceptors (Lipinski definition) is 4. The van der Waals surface area contributed by atoms with Crippen LogP contribution in [-0.2, 0) is 0 Å². The SMILES string of the molecule is CN=C(C(C=N)NC(=O)c1ccc(F)c(-c2ccccc2F)n1)N1CCCCCC1. The van der Waals surface area contributed by atoms with Gasteiger partial charge >= 0.3 is 0 Å². The number of nitrogens with one attached hydrogen (secondary N) is 2. The van der Waals surface area contributed by atoms with E-state index in [9.17, 15) is 13.6 Å². The van der Waals surface area contributed by atoms with Gasteiger partial charge in [0.2, 0.25) is 0 Å². The van der Waals surface area contributed by atoms with E-state index in [1.807, 2.05) is 0 Å². The van der Waals surface area contributed by atoms with Crippen LogP contribution in [0.15, 0.2) is 41.4 Å². The highest BCUT2D eigenvalue weighted by Crippen LogP contribution is 2.23. The Kier molecular flexibility index (Phi) is 7.21. The zero-order valence-electron chi connectivity index (χ0n) is 16.9. The third kappa shape index (κ3) is 4.87. The number of hydrogen-bond donors (Lipinski definition) is 2. The summed E-state index contributed by atoms with van der Waals surface area (Å²) < 4.78 is 28.4. The lowest BCUT2D eigenvalue weighted by molar-refractivity contribution is 0.0948. The van der Waals surface area contributed by atoms with E-state index in [4.69, 9.17) is 5.41 Å². The molecule has 1 amide bonds. The molecular weight excluding hydrogens is 388 g/mol. The number of pyridine rings is 1. The Morgan fingerprint density at radius 3 is 2.47 bits per heavy atom. The third-order valence-electron chi connectivity index (χ3n) is 5.10. The van der Waals surface area contributed by atoms with Crippen LogP contribution in [0.4, 0.5) is 8.78 Å². The Bertz CT molecular complexity index is 939.